The topological polar surface area (TPSA) is 104 Å². The zero-order chi connectivity index (χ0) is 40.1. The van der Waals surface area contributed by atoms with Crippen molar-refractivity contribution in [2.24, 2.45) is 15.9 Å². The van der Waals surface area contributed by atoms with Gasteiger partial charge in [-0.05, 0) is 17.3 Å². The maximum atomic E-state index is 9.64. The number of para-hydroxylation sites is 1. The van der Waals surface area contributed by atoms with Crippen molar-refractivity contribution in [1.82, 2.24) is 4.98 Å². The van der Waals surface area contributed by atoms with Crippen LogP contribution >= 0.6 is 0 Å². The number of amidine groups is 1. The van der Waals surface area contributed by atoms with Gasteiger partial charge in [0.15, 0.2) is 0 Å². The van der Waals surface area contributed by atoms with Crippen LogP contribution in [0.15, 0.2) is 223 Å². The van der Waals surface area contributed by atoms with Gasteiger partial charge in [-0.25, -0.2) is 4.98 Å². The Morgan fingerprint density at radius 2 is 0.845 bits per heavy atom. The Labute approximate surface area is 368 Å². The third-order valence-corrected chi connectivity index (χ3v) is 18.5. The van der Waals surface area contributed by atoms with Crippen LogP contribution in [0.2, 0.25) is 0 Å². The molecule has 0 saturated carbocycles. The summed E-state index contributed by atoms with van der Waals surface area (Å²) in [5.74, 6) is 0.129. The number of aromatic hydroxyl groups is 1. The number of benzene rings is 7. The molecule has 0 bridgehead atoms. The average molecular weight is 987 g/mol. The maximum absolute atomic E-state index is 9.64. The molecule has 1 heterocycles. The summed E-state index contributed by atoms with van der Waals surface area (Å²) in [6.45, 7) is 4.50. The summed E-state index contributed by atoms with van der Waals surface area (Å²) >= 11 is 1.77. The van der Waals surface area contributed by atoms with Crippen molar-refractivity contribution in [3.8, 4) is 5.75 Å². The molecule has 1 aromatic heterocycles. The Balaban J connectivity index is 0.000000187. The molecule has 0 unspecified atom stereocenters. The first kappa shape index (κ1) is 45.3. The van der Waals surface area contributed by atoms with Crippen LogP contribution in [0.4, 0.5) is 0 Å². The Morgan fingerprint density at radius 3 is 1.16 bits per heavy atom. The zero-order valence-corrected chi connectivity index (χ0v) is 37.5. The van der Waals surface area contributed by atoms with Gasteiger partial charge >= 0.3 is 268 Å². The summed E-state index contributed by atoms with van der Waals surface area (Å²) in [5, 5.41) is 17.6. The van der Waals surface area contributed by atoms with Crippen LogP contribution in [0.25, 0.3) is 10.9 Å². The summed E-state index contributed by atoms with van der Waals surface area (Å²) in [4.78, 5) is 4.23. The van der Waals surface area contributed by atoms with Crippen molar-refractivity contribution < 1.29 is 29.2 Å². The first-order chi connectivity index (χ1) is 28.1. The molecular weight excluding hydrogens is 948 g/mol. The second kappa shape index (κ2) is 25.1. The van der Waals surface area contributed by atoms with Gasteiger partial charge < -0.3 is 23.5 Å². The second-order valence-corrected chi connectivity index (χ2v) is 21.7. The van der Waals surface area contributed by atoms with Gasteiger partial charge in [0.2, 0.25) is 0 Å². The fourth-order valence-electron chi connectivity index (χ4n) is 5.72. The van der Waals surface area contributed by atoms with Crippen LogP contribution in [0, 0.1) is 6.65 Å². The number of phenols is 1. The molecule has 3 N–H and O–H groups in total. The number of rotatable bonds is 8. The first-order valence-corrected chi connectivity index (χ1v) is 23.8. The Bertz CT molecular complexity index is 2160. The van der Waals surface area contributed by atoms with Crippen LogP contribution in [0.1, 0.15) is 5.69 Å². The third kappa shape index (κ3) is 13.6. The molecule has 8 aromatic rings. The molecule has 0 atom stereocenters. The van der Waals surface area contributed by atoms with Gasteiger partial charge in [0, 0.05) is 5.39 Å². The molecule has 1 radical (unpaired) electrons. The summed E-state index contributed by atoms with van der Waals surface area (Å²) in [5.41, 5.74) is 6.25. The zero-order valence-electron chi connectivity index (χ0n) is 31.2. The van der Waals surface area contributed by atoms with E-state index in [2.05, 4.69) is 216 Å². The summed E-state index contributed by atoms with van der Waals surface area (Å²) in [6.07, 6.45) is 1.42. The molecular formula is C48H39As2N4O2RuS. The van der Waals surface area contributed by atoms with E-state index >= 15 is 0 Å². The van der Waals surface area contributed by atoms with E-state index in [0.29, 0.717) is 11.2 Å². The van der Waals surface area contributed by atoms with Crippen molar-refractivity contribution in [3.63, 3.8) is 0 Å². The minimum atomic E-state index is -1.39. The molecule has 10 heteroatoms. The van der Waals surface area contributed by atoms with E-state index in [0.717, 1.165) is 5.39 Å². The normalized spacial score (nSPS) is 10.6. The van der Waals surface area contributed by atoms with Gasteiger partial charge in [-0.1, -0.05) is 18.2 Å². The molecule has 0 aliphatic rings. The first-order valence-electron chi connectivity index (χ1n) is 17.8. The van der Waals surface area contributed by atoms with Gasteiger partial charge in [-0.15, -0.1) is 0 Å². The van der Waals surface area contributed by atoms with Gasteiger partial charge in [0.25, 0.3) is 0 Å². The predicted octanol–water partition coefficient (Wildman–Crippen LogP) is 5.50. The van der Waals surface area contributed by atoms with E-state index in [9.17, 15) is 5.11 Å². The second-order valence-electron chi connectivity index (χ2n) is 12.0. The van der Waals surface area contributed by atoms with E-state index in [1.807, 2.05) is 12.1 Å². The van der Waals surface area contributed by atoms with Crippen molar-refractivity contribution in [2.75, 3.05) is 0 Å². The van der Waals surface area contributed by atoms with E-state index < -0.39 is 29.3 Å². The number of phenolic OH excluding ortho intramolecular Hbond substituents is 1. The van der Waals surface area contributed by atoms with Crippen molar-refractivity contribution >= 4 is 90.3 Å². The molecule has 8 rings (SSSR count). The number of hydrogen-bond acceptors (Lipinski definition) is 5. The van der Waals surface area contributed by atoms with E-state index in [1.54, 1.807) is 18.2 Å². The fraction of sp³-hybridized carbons (Fsp3) is 0. The van der Waals surface area contributed by atoms with Gasteiger partial charge in [-0.2, -0.15) is 10.2 Å². The van der Waals surface area contributed by atoms with E-state index in [-0.39, 0.29) is 30.4 Å². The molecule has 0 amide bonds. The molecule has 287 valence electrons. The third-order valence-electron chi connectivity index (χ3n) is 8.15. The monoisotopic (exact) mass is 987 g/mol. The summed E-state index contributed by atoms with van der Waals surface area (Å²) < 4.78 is 16.4. The summed E-state index contributed by atoms with van der Waals surface area (Å²) in [6, 6.07) is 74.2. The van der Waals surface area contributed by atoms with Crippen LogP contribution in [-0.4, -0.2) is 50.8 Å². The van der Waals surface area contributed by atoms with E-state index in [1.165, 1.54) is 32.3 Å². The molecule has 7 aromatic carbocycles. The quantitative estimate of drug-likeness (QED) is 0.0400. The van der Waals surface area contributed by atoms with E-state index in [4.69, 9.17) is 10.4 Å². The number of nitrogens with zero attached hydrogens (tertiary/aromatic N) is 3. The Kier molecular flexibility index (Phi) is 19.6. The SMILES string of the molecule is N/C([S-])=N/N=C/c1ccc2cccc(O)c2n1.[C-]#[O+].[Ru+].c1ccc([As](c2ccccc2)c2ccccc2)cc1.c1ccc([As](c2ccccc2)c2ccccc2)cc1. The summed E-state index contributed by atoms with van der Waals surface area (Å²) in [7, 11) is 0. The molecule has 0 spiro atoms. The number of pyridine rings is 1. The average Bonchev–Trinajstić information content (AvgIpc) is 3.28. The number of fused-ring (bicyclic) bond motifs is 1. The Hall–Kier alpha value is -5.41. The van der Waals surface area contributed by atoms with Crippen LogP contribution in [0.3, 0.4) is 0 Å². The van der Waals surface area contributed by atoms with Crippen LogP contribution in [0.5, 0.6) is 5.75 Å². The molecule has 0 aliphatic heterocycles. The van der Waals surface area contributed by atoms with Gasteiger partial charge in [0.1, 0.15) is 11.3 Å². The minimum absolute atomic E-state index is 0. The molecule has 0 aliphatic carbocycles. The molecule has 0 fully saturated rings. The predicted molar refractivity (Wildman–Crippen MR) is 242 cm³/mol. The van der Waals surface area contributed by atoms with Crippen molar-refractivity contribution in [3.05, 3.63) is 225 Å². The molecule has 58 heavy (non-hydrogen) atoms. The van der Waals surface area contributed by atoms with Gasteiger partial charge in [0.05, 0.1) is 11.9 Å². The van der Waals surface area contributed by atoms with Crippen LogP contribution in [-0.2, 0) is 36.8 Å². The van der Waals surface area contributed by atoms with Gasteiger partial charge in [-0.3, -0.25) is 0 Å². The standard InChI is InChI=1S/2C18H15As.C11H10N4OS.CO.Ru/c2*1-4-10-16(11-5-1)19(17-12-6-2-7-13-17)18-14-8-3-9-15-18;12-11(17)15-13-6-8-5-4-7-2-1-3-9(16)10(7)14-8;1-2;/h2*1-15H;1-6,16H,(H3,12,15,17);;/q;;;;+1/p-1/b;;13-6+;;. The number of nitrogens with two attached hydrogens (primary N) is 1. The van der Waals surface area contributed by atoms with Crippen molar-refractivity contribution in [2.45, 2.75) is 0 Å². The van der Waals surface area contributed by atoms with Crippen molar-refractivity contribution in [1.29, 1.82) is 0 Å². The molecule has 0 saturated heterocycles. The Morgan fingerprint density at radius 1 is 0.517 bits per heavy atom. The fourth-order valence-corrected chi connectivity index (χ4v) is 15.4. The number of aromatic nitrogens is 1. The van der Waals surface area contributed by atoms with Crippen LogP contribution < -0.4 is 31.8 Å². The molecule has 6 nitrogen and oxygen atoms in total. The number of hydrogen-bond donors (Lipinski definition) is 2.